The number of nitrogens with zero attached hydrogens (tertiary/aromatic N) is 1. The quantitative estimate of drug-likeness (QED) is 0.830. The first kappa shape index (κ1) is 16.2. The highest BCUT2D eigenvalue weighted by molar-refractivity contribution is 7.89. The van der Waals surface area contributed by atoms with Gasteiger partial charge in [0.1, 0.15) is 0 Å². The van der Waals surface area contributed by atoms with E-state index in [2.05, 4.69) is 20.8 Å². The van der Waals surface area contributed by atoms with Crippen molar-refractivity contribution in [3.63, 3.8) is 0 Å². The highest BCUT2D eigenvalue weighted by Gasteiger charge is 2.23. The van der Waals surface area contributed by atoms with Gasteiger partial charge in [-0.05, 0) is 29.5 Å². The second-order valence-corrected chi connectivity index (χ2v) is 7.71. The van der Waals surface area contributed by atoms with Gasteiger partial charge in [-0.3, -0.25) is 0 Å². The molecule has 0 heterocycles. The Morgan fingerprint density at radius 2 is 1.58 bits per heavy atom. The average Bonchev–Trinajstić information content (AvgIpc) is 2.34. The van der Waals surface area contributed by atoms with Crippen molar-refractivity contribution in [2.24, 2.45) is 0 Å². The van der Waals surface area contributed by atoms with Crippen LogP contribution in [0.1, 0.15) is 46.6 Å². The van der Waals surface area contributed by atoms with E-state index in [4.69, 9.17) is 0 Å². The molecule has 0 atom stereocenters. The summed E-state index contributed by atoms with van der Waals surface area (Å²) >= 11 is 0. The molecule has 0 unspecified atom stereocenters. The molecule has 4 heteroatoms. The Bertz CT molecular complexity index is 498. The second-order valence-electron chi connectivity index (χ2n) is 5.77. The highest BCUT2D eigenvalue weighted by Crippen LogP contribution is 2.24. The fourth-order valence-corrected chi connectivity index (χ4v) is 3.51. The van der Waals surface area contributed by atoms with E-state index in [1.54, 1.807) is 12.1 Å². The summed E-state index contributed by atoms with van der Waals surface area (Å²) in [7, 11) is -3.34. The van der Waals surface area contributed by atoms with Crippen LogP contribution in [0.25, 0.3) is 0 Å². The Balaban J connectivity index is 3.09. The summed E-state index contributed by atoms with van der Waals surface area (Å²) in [6.07, 6.45) is 0.827. The maximum atomic E-state index is 12.4. The van der Waals surface area contributed by atoms with Gasteiger partial charge in [-0.15, -0.1) is 0 Å². The number of hydrogen-bond acceptors (Lipinski definition) is 2. The first-order chi connectivity index (χ1) is 8.73. The summed E-state index contributed by atoms with van der Waals surface area (Å²) in [5.74, 6) is 0. The second kappa shape index (κ2) is 6.06. The van der Waals surface area contributed by atoms with E-state index >= 15 is 0 Å². The van der Waals surface area contributed by atoms with E-state index in [9.17, 15) is 8.42 Å². The molecule has 0 bridgehead atoms. The van der Waals surface area contributed by atoms with E-state index in [1.165, 1.54) is 4.31 Å². The summed E-state index contributed by atoms with van der Waals surface area (Å²) in [6.45, 7) is 11.3. The van der Waals surface area contributed by atoms with Crippen molar-refractivity contribution < 1.29 is 8.42 Å². The molecule has 108 valence electrons. The molecule has 0 aliphatic rings. The van der Waals surface area contributed by atoms with Gasteiger partial charge in [-0.25, -0.2) is 8.42 Å². The van der Waals surface area contributed by atoms with Crippen LogP contribution >= 0.6 is 0 Å². The fraction of sp³-hybridized carbons (Fsp3) is 0.600. The zero-order valence-corrected chi connectivity index (χ0v) is 13.4. The van der Waals surface area contributed by atoms with Crippen molar-refractivity contribution >= 4 is 10.0 Å². The molecular weight excluding hydrogens is 258 g/mol. The largest absolute Gasteiger partial charge is 0.243 e. The van der Waals surface area contributed by atoms with E-state index in [-0.39, 0.29) is 5.41 Å². The molecule has 19 heavy (non-hydrogen) atoms. The standard InChI is InChI=1S/C15H25NO2S/c1-6-12-16(7-2)19(17,18)14-10-8-13(9-11-14)15(3,4)5/h8-11H,6-7,12H2,1-5H3. The molecule has 0 saturated carbocycles. The summed E-state index contributed by atoms with van der Waals surface area (Å²) in [5, 5.41) is 0. The number of sulfonamides is 1. The molecular formula is C15H25NO2S. The summed E-state index contributed by atoms with van der Waals surface area (Å²) < 4.78 is 26.4. The lowest BCUT2D eigenvalue weighted by molar-refractivity contribution is 0.427. The minimum absolute atomic E-state index is 0.0379. The molecule has 0 saturated heterocycles. The van der Waals surface area contributed by atoms with Gasteiger partial charge in [0.05, 0.1) is 4.90 Å². The maximum Gasteiger partial charge on any atom is 0.243 e. The van der Waals surface area contributed by atoms with Crippen LogP contribution in [0.4, 0.5) is 0 Å². The number of hydrogen-bond donors (Lipinski definition) is 0. The topological polar surface area (TPSA) is 37.4 Å². The summed E-state index contributed by atoms with van der Waals surface area (Å²) in [6, 6.07) is 7.25. The van der Waals surface area contributed by atoms with E-state index < -0.39 is 10.0 Å². The number of rotatable bonds is 5. The first-order valence-corrected chi connectivity index (χ1v) is 8.28. The molecule has 1 aromatic carbocycles. The van der Waals surface area contributed by atoms with Gasteiger partial charge in [-0.1, -0.05) is 46.8 Å². The van der Waals surface area contributed by atoms with Crippen molar-refractivity contribution in [1.29, 1.82) is 0 Å². The predicted octanol–water partition coefficient (Wildman–Crippen LogP) is 3.40. The van der Waals surface area contributed by atoms with Gasteiger partial charge in [0, 0.05) is 13.1 Å². The zero-order valence-electron chi connectivity index (χ0n) is 12.6. The van der Waals surface area contributed by atoms with Crippen LogP contribution in [-0.4, -0.2) is 25.8 Å². The lowest BCUT2D eigenvalue weighted by atomic mass is 9.87. The number of benzene rings is 1. The Morgan fingerprint density at radius 1 is 1.05 bits per heavy atom. The molecule has 0 spiro atoms. The van der Waals surface area contributed by atoms with Crippen LogP contribution in [0.3, 0.4) is 0 Å². The van der Waals surface area contributed by atoms with Gasteiger partial charge >= 0.3 is 0 Å². The molecule has 0 amide bonds. The van der Waals surface area contributed by atoms with Gasteiger partial charge in [0.15, 0.2) is 0 Å². The monoisotopic (exact) mass is 283 g/mol. The van der Waals surface area contributed by atoms with Crippen LogP contribution < -0.4 is 0 Å². The molecule has 0 aliphatic heterocycles. The van der Waals surface area contributed by atoms with Crippen LogP contribution in [0, 0.1) is 0 Å². The van der Waals surface area contributed by atoms with Gasteiger partial charge in [0.2, 0.25) is 10.0 Å². The smallest absolute Gasteiger partial charge is 0.207 e. The molecule has 0 aromatic heterocycles. The average molecular weight is 283 g/mol. The van der Waals surface area contributed by atoms with Gasteiger partial charge in [-0.2, -0.15) is 4.31 Å². The zero-order chi connectivity index (χ0) is 14.7. The minimum atomic E-state index is -3.34. The summed E-state index contributed by atoms with van der Waals surface area (Å²) in [5.41, 5.74) is 1.18. The van der Waals surface area contributed by atoms with Gasteiger partial charge < -0.3 is 0 Å². The van der Waals surface area contributed by atoms with Crippen LogP contribution in [0.2, 0.25) is 0 Å². The highest BCUT2D eigenvalue weighted by atomic mass is 32.2. The molecule has 0 N–H and O–H groups in total. The summed E-state index contributed by atoms with van der Waals surface area (Å²) in [4.78, 5) is 0.385. The van der Waals surface area contributed by atoms with Crippen molar-refractivity contribution in [3.8, 4) is 0 Å². The molecule has 0 aliphatic carbocycles. The Morgan fingerprint density at radius 3 is 1.95 bits per heavy atom. The Labute approximate surface area is 117 Å². The first-order valence-electron chi connectivity index (χ1n) is 6.84. The third-order valence-electron chi connectivity index (χ3n) is 3.18. The normalized spacial score (nSPS) is 12.9. The SMILES string of the molecule is CCCN(CC)S(=O)(=O)c1ccc(C(C)(C)C)cc1. The predicted molar refractivity (Wildman–Crippen MR) is 79.9 cm³/mol. The van der Waals surface area contributed by atoms with Crippen molar-refractivity contribution in [2.45, 2.75) is 51.3 Å². The molecule has 0 fully saturated rings. The fourth-order valence-electron chi connectivity index (χ4n) is 1.97. The maximum absolute atomic E-state index is 12.4. The van der Waals surface area contributed by atoms with Crippen molar-refractivity contribution in [3.05, 3.63) is 29.8 Å². The van der Waals surface area contributed by atoms with Gasteiger partial charge in [0.25, 0.3) is 0 Å². The van der Waals surface area contributed by atoms with Crippen molar-refractivity contribution in [1.82, 2.24) is 4.31 Å². The lowest BCUT2D eigenvalue weighted by Crippen LogP contribution is -2.31. The van der Waals surface area contributed by atoms with Crippen LogP contribution in [0.15, 0.2) is 29.2 Å². The minimum Gasteiger partial charge on any atom is -0.207 e. The molecule has 1 rings (SSSR count). The molecule has 1 aromatic rings. The van der Waals surface area contributed by atoms with Crippen LogP contribution in [-0.2, 0) is 15.4 Å². The Hall–Kier alpha value is -0.870. The van der Waals surface area contributed by atoms with E-state index in [0.29, 0.717) is 18.0 Å². The lowest BCUT2D eigenvalue weighted by Gasteiger charge is -2.22. The van der Waals surface area contributed by atoms with E-state index in [0.717, 1.165) is 12.0 Å². The van der Waals surface area contributed by atoms with Crippen molar-refractivity contribution in [2.75, 3.05) is 13.1 Å². The Kier molecular flexibility index (Phi) is 5.16. The third kappa shape index (κ3) is 3.80. The van der Waals surface area contributed by atoms with Crippen LogP contribution in [0.5, 0.6) is 0 Å². The molecule has 3 nitrogen and oxygen atoms in total. The van der Waals surface area contributed by atoms with E-state index in [1.807, 2.05) is 26.0 Å². The molecule has 0 radical (unpaired) electrons. The third-order valence-corrected chi connectivity index (χ3v) is 5.17.